The predicted octanol–water partition coefficient (Wildman–Crippen LogP) is 3.30. The van der Waals surface area contributed by atoms with Crippen LogP contribution in [0.25, 0.3) is 5.76 Å². The van der Waals surface area contributed by atoms with E-state index in [-0.39, 0.29) is 17.4 Å². The van der Waals surface area contributed by atoms with E-state index in [0.717, 1.165) is 18.4 Å². The van der Waals surface area contributed by atoms with E-state index in [2.05, 4.69) is 0 Å². The molecule has 2 aliphatic rings. The van der Waals surface area contributed by atoms with Crippen molar-refractivity contribution in [2.45, 2.75) is 25.0 Å². The lowest BCUT2D eigenvalue weighted by Crippen LogP contribution is -2.36. The maximum atomic E-state index is 12.9. The summed E-state index contributed by atoms with van der Waals surface area (Å²) < 4.78 is 10.8. The van der Waals surface area contributed by atoms with Gasteiger partial charge in [-0.1, -0.05) is 30.3 Å². The van der Waals surface area contributed by atoms with Gasteiger partial charge in [-0.3, -0.25) is 9.59 Å². The van der Waals surface area contributed by atoms with Crippen molar-refractivity contribution in [3.8, 4) is 5.75 Å². The fourth-order valence-electron chi connectivity index (χ4n) is 3.96. The van der Waals surface area contributed by atoms with E-state index >= 15 is 0 Å². The van der Waals surface area contributed by atoms with Crippen molar-refractivity contribution in [3.05, 3.63) is 71.3 Å². The first-order valence-electron chi connectivity index (χ1n) is 9.69. The Kier molecular flexibility index (Phi) is 5.36. The topological polar surface area (TPSA) is 76.1 Å². The highest BCUT2D eigenvalue weighted by Crippen LogP contribution is 2.40. The van der Waals surface area contributed by atoms with Gasteiger partial charge in [0.1, 0.15) is 11.5 Å². The summed E-state index contributed by atoms with van der Waals surface area (Å²) in [5.41, 5.74) is 1.34. The van der Waals surface area contributed by atoms with Gasteiger partial charge in [0.2, 0.25) is 0 Å². The third-order valence-electron chi connectivity index (χ3n) is 5.44. The monoisotopic (exact) mass is 393 g/mol. The quantitative estimate of drug-likeness (QED) is 0.479. The van der Waals surface area contributed by atoms with Crippen molar-refractivity contribution in [2.24, 2.45) is 0 Å². The van der Waals surface area contributed by atoms with E-state index in [9.17, 15) is 14.7 Å². The first kappa shape index (κ1) is 19.2. The van der Waals surface area contributed by atoms with Crippen molar-refractivity contribution in [3.63, 3.8) is 0 Å². The third-order valence-corrected chi connectivity index (χ3v) is 5.44. The number of hydrogen-bond donors (Lipinski definition) is 1. The second-order valence-corrected chi connectivity index (χ2v) is 7.23. The van der Waals surface area contributed by atoms with Gasteiger partial charge in [-0.05, 0) is 42.7 Å². The average molecular weight is 393 g/mol. The van der Waals surface area contributed by atoms with E-state index in [1.165, 1.54) is 4.90 Å². The number of benzene rings is 2. The molecule has 4 rings (SSSR count). The number of nitrogens with zero attached hydrogens (tertiary/aromatic N) is 1. The third kappa shape index (κ3) is 3.63. The Hall–Kier alpha value is -3.12. The Labute approximate surface area is 169 Å². The Morgan fingerprint density at radius 2 is 1.86 bits per heavy atom. The van der Waals surface area contributed by atoms with Crippen LogP contribution < -0.4 is 4.74 Å². The van der Waals surface area contributed by atoms with Gasteiger partial charge >= 0.3 is 0 Å². The lowest BCUT2D eigenvalue weighted by molar-refractivity contribution is -0.140. The number of ketones is 1. The molecule has 2 atom stereocenters. The fraction of sp³-hybridized carbons (Fsp3) is 0.304. The molecule has 2 fully saturated rings. The highest BCUT2D eigenvalue weighted by molar-refractivity contribution is 6.46. The molecular formula is C23H23NO5. The van der Waals surface area contributed by atoms with Crippen molar-refractivity contribution in [1.82, 2.24) is 4.90 Å². The second kappa shape index (κ2) is 8.09. The number of hydrogen-bond acceptors (Lipinski definition) is 5. The first-order valence-corrected chi connectivity index (χ1v) is 9.69. The molecule has 2 saturated heterocycles. The molecule has 6 heteroatoms. The summed E-state index contributed by atoms with van der Waals surface area (Å²) in [7, 11) is 1.56. The van der Waals surface area contributed by atoms with Gasteiger partial charge in [0.05, 0.1) is 24.8 Å². The molecule has 2 heterocycles. The number of Topliss-reactive ketones (excluding diaryl/α,β-unsaturated/α-hetero) is 1. The van der Waals surface area contributed by atoms with E-state index < -0.39 is 17.7 Å². The number of methoxy groups -OCH3 is 1. The van der Waals surface area contributed by atoms with Crippen LogP contribution in [0.2, 0.25) is 0 Å². The number of carbonyl (C=O) groups is 2. The molecule has 6 nitrogen and oxygen atoms in total. The summed E-state index contributed by atoms with van der Waals surface area (Å²) >= 11 is 0. The summed E-state index contributed by atoms with van der Waals surface area (Å²) in [5, 5.41) is 11.0. The lowest BCUT2D eigenvalue weighted by Gasteiger charge is -2.27. The highest BCUT2D eigenvalue weighted by atomic mass is 16.5. The minimum Gasteiger partial charge on any atom is -0.507 e. The molecule has 0 unspecified atom stereocenters. The van der Waals surface area contributed by atoms with E-state index in [4.69, 9.17) is 9.47 Å². The number of aliphatic hydroxyl groups is 1. The number of likely N-dealkylation sites (tertiary alicyclic amines) is 1. The maximum absolute atomic E-state index is 12.9. The molecule has 0 radical (unpaired) electrons. The summed E-state index contributed by atoms with van der Waals surface area (Å²) in [5.74, 6) is -0.829. The average Bonchev–Trinajstić information content (AvgIpc) is 3.36. The first-order chi connectivity index (χ1) is 14.1. The summed E-state index contributed by atoms with van der Waals surface area (Å²) in [6, 6.07) is 15.4. The molecule has 0 aromatic heterocycles. The fourth-order valence-corrected chi connectivity index (χ4v) is 3.96. The highest BCUT2D eigenvalue weighted by Gasteiger charge is 2.46. The number of aliphatic hydroxyl groups excluding tert-OH is 1. The zero-order valence-corrected chi connectivity index (χ0v) is 16.2. The van der Waals surface area contributed by atoms with Crippen LogP contribution >= 0.6 is 0 Å². The van der Waals surface area contributed by atoms with E-state index in [1.54, 1.807) is 31.4 Å². The van der Waals surface area contributed by atoms with Gasteiger partial charge in [0.15, 0.2) is 0 Å². The van der Waals surface area contributed by atoms with Gasteiger partial charge in [-0.2, -0.15) is 0 Å². The molecule has 1 amide bonds. The van der Waals surface area contributed by atoms with Crippen molar-refractivity contribution >= 4 is 17.4 Å². The second-order valence-electron chi connectivity index (χ2n) is 7.23. The van der Waals surface area contributed by atoms with Gasteiger partial charge in [-0.25, -0.2) is 0 Å². The number of ether oxygens (including phenoxy) is 2. The Bertz CT molecular complexity index is 930. The maximum Gasteiger partial charge on any atom is 0.295 e. The molecular weight excluding hydrogens is 370 g/mol. The minimum atomic E-state index is -0.676. The molecule has 150 valence electrons. The normalized spacial score (nSPS) is 23.6. The summed E-state index contributed by atoms with van der Waals surface area (Å²) in [4.78, 5) is 27.3. The molecule has 29 heavy (non-hydrogen) atoms. The number of amides is 1. The molecule has 0 spiro atoms. The van der Waals surface area contributed by atoms with Gasteiger partial charge in [-0.15, -0.1) is 0 Å². The SMILES string of the molecule is COc1ccc(/C(O)=C2\C(=O)C(=O)N(C[C@H]3CCCO3)[C@@H]2c2ccccc2)cc1. The van der Waals surface area contributed by atoms with Crippen molar-refractivity contribution in [1.29, 1.82) is 0 Å². The van der Waals surface area contributed by atoms with Gasteiger partial charge in [0, 0.05) is 18.7 Å². The van der Waals surface area contributed by atoms with Crippen LogP contribution in [0, 0.1) is 0 Å². The predicted molar refractivity (Wildman–Crippen MR) is 107 cm³/mol. The van der Waals surface area contributed by atoms with Crippen LogP contribution in [0.15, 0.2) is 60.2 Å². The zero-order valence-electron chi connectivity index (χ0n) is 16.2. The Morgan fingerprint density at radius 1 is 1.14 bits per heavy atom. The summed E-state index contributed by atoms with van der Waals surface area (Å²) in [6.07, 6.45) is 1.69. The molecule has 0 saturated carbocycles. The van der Waals surface area contributed by atoms with Crippen molar-refractivity contribution in [2.75, 3.05) is 20.3 Å². The molecule has 2 aromatic rings. The van der Waals surface area contributed by atoms with Crippen molar-refractivity contribution < 1.29 is 24.2 Å². The van der Waals surface area contributed by atoms with Crippen LogP contribution in [0.1, 0.15) is 30.0 Å². The van der Waals surface area contributed by atoms with Gasteiger partial charge < -0.3 is 19.5 Å². The molecule has 2 aromatic carbocycles. The van der Waals surface area contributed by atoms with Crippen LogP contribution in [0.5, 0.6) is 5.75 Å². The van der Waals surface area contributed by atoms with Crippen LogP contribution in [-0.4, -0.2) is 48.1 Å². The lowest BCUT2D eigenvalue weighted by atomic mass is 9.95. The smallest absolute Gasteiger partial charge is 0.295 e. The number of carbonyl (C=O) groups excluding carboxylic acids is 2. The van der Waals surface area contributed by atoms with Crippen LogP contribution in [0.3, 0.4) is 0 Å². The minimum absolute atomic E-state index is 0.0968. The van der Waals surface area contributed by atoms with Crippen LogP contribution in [-0.2, 0) is 14.3 Å². The Morgan fingerprint density at radius 3 is 2.48 bits per heavy atom. The zero-order chi connectivity index (χ0) is 20.4. The Balaban J connectivity index is 1.79. The number of rotatable bonds is 5. The standard InChI is InChI=1S/C23H23NO5/c1-28-17-11-9-16(10-12-17)21(25)19-20(15-6-3-2-4-7-15)24(23(27)22(19)26)14-18-8-5-13-29-18/h2-4,6-7,9-12,18,20,25H,5,8,13-14H2,1H3/b21-19+/t18-,20-/m1/s1. The van der Waals surface area contributed by atoms with E-state index in [1.807, 2.05) is 30.3 Å². The molecule has 2 aliphatic heterocycles. The van der Waals surface area contributed by atoms with Gasteiger partial charge in [0.25, 0.3) is 11.7 Å². The summed E-state index contributed by atoms with van der Waals surface area (Å²) in [6.45, 7) is 0.986. The largest absolute Gasteiger partial charge is 0.507 e. The van der Waals surface area contributed by atoms with E-state index in [0.29, 0.717) is 24.5 Å². The molecule has 0 bridgehead atoms. The van der Waals surface area contributed by atoms with Crippen LogP contribution in [0.4, 0.5) is 0 Å². The molecule has 0 aliphatic carbocycles. The molecule has 1 N–H and O–H groups in total.